The van der Waals surface area contributed by atoms with Crippen molar-refractivity contribution in [3.8, 4) is 11.5 Å². The number of hydrogen-bond donors (Lipinski definition) is 1. The highest BCUT2D eigenvalue weighted by atomic mass is 35.5. The Balaban J connectivity index is 1.82. The van der Waals surface area contributed by atoms with Crippen LogP contribution >= 0.6 is 11.6 Å². The first kappa shape index (κ1) is 14.9. The number of halogens is 1. The Bertz CT molecular complexity index is 891. The van der Waals surface area contributed by atoms with Crippen molar-refractivity contribution in [1.29, 1.82) is 0 Å². The fourth-order valence-electron chi connectivity index (χ4n) is 1.92. The summed E-state index contributed by atoms with van der Waals surface area (Å²) in [4.78, 5) is 31.8. The quantitative estimate of drug-likeness (QED) is 0.778. The molecule has 0 spiro atoms. The molecule has 0 atom stereocenters. The maximum Gasteiger partial charge on any atom is 0.442 e. The van der Waals surface area contributed by atoms with Crippen molar-refractivity contribution in [3.05, 3.63) is 58.4 Å². The van der Waals surface area contributed by atoms with Crippen LogP contribution in [0.5, 0.6) is 0 Å². The van der Waals surface area contributed by atoms with Gasteiger partial charge in [-0.15, -0.1) is 0 Å². The van der Waals surface area contributed by atoms with E-state index >= 15 is 0 Å². The van der Waals surface area contributed by atoms with E-state index in [9.17, 15) is 9.59 Å². The number of amides is 1. The second-order valence-electron chi connectivity index (χ2n) is 4.51. The lowest BCUT2D eigenvalue weighted by Gasteiger charge is -2.06. The number of hydrogen-bond acceptors (Lipinski definition) is 6. The summed E-state index contributed by atoms with van der Waals surface area (Å²) in [5.74, 6) is -1.06. The van der Waals surface area contributed by atoms with Crippen LogP contribution in [-0.2, 0) is 11.3 Å². The predicted molar refractivity (Wildman–Crippen MR) is 81.9 cm³/mol. The van der Waals surface area contributed by atoms with E-state index in [-0.39, 0.29) is 12.4 Å². The summed E-state index contributed by atoms with van der Waals surface area (Å²) in [7, 11) is 0. The Morgan fingerprint density at radius 1 is 1.35 bits per heavy atom. The molecule has 9 heteroatoms. The number of nitrogens with one attached hydrogen (secondary N) is 1. The summed E-state index contributed by atoms with van der Waals surface area (Å²) < 4.78 is 5.68. The Kier molecular flexibility index (Phi) is 4.15. The molecule has 0 bridgehead atoms. The molecule has 2 heterocycles. The Labute approximate surface area is 134 Å². The number of carbonyl (C=O) groups is 1. The lowest BCUT2D eigenvalue weighted by Crippen LogP contribution is -2.25. The number of benzene rings is 1. The average molecular weight is 332 g/mol. The first-order valence-electron chi connectivity index (χ1n) is 6.52. The zero-order chi connectivity index (χ0) is 16.2. The molecule has 0 aliphatic heterocycles. The van der Waals surface area contributed by atoms with Gasteiger partial charge < -0.3 is 5.32 Å². The van der Waals surface area contributed by atoms with Gasteiger partial charge in [-0.2, -0.15) is 0 Å². The monoisotopic (exact) mass is 331 g/mol. The lowest BCUT2D eigenvalue weighted by molar-refractivity contribution is -0.116. The molecule has 8 nitrogen and oxygen atoms in total. The van der Waals surface area contributed by atoms with Crippen LogP contribution in [0.25, 0.3) is 11.5 Å². The second kappa shape index (κ2) is 6.41. The third kappa shape index (κ3) is 3.43. The number of nitrogens with zero attached hydrogens (tertiary/aromatic N) is 4. The van der Waals surface area contributed by atoms with Gasteiger partial charge in [-0.05, 0) is 18.2 Å². The largest absolute Gasteiger partial charge is 0.442 e. The first-order valence-corrected chi connectivity index (χ1v) is 6.89. The van der Waals surface area contributed by atoms with Crippen molar-refractivity contribution in [3.63, 3.8) is 0 Å². The van der Waals surface area contributed by atoms with Gasteiger partial charge in [-0.1, -0.05) is 22.8 Å². The van der Waals surface area contributed by atoms with Gasteiger partial charge in [0.2, 0.25) is 11.7 Å². The minimum atomic E-state index is -0.758. The van der Waals surface area contributed by atoms with Crippen molar-refractivity contribution >= 4 is 23.2 Å². The van der Waals surface area contributed by atoms with Gasteiger partial charge >= 0.3 is 5.76 Å². The van der Waals surface area contributed by atoms with E-state index in [1.165, 1.54) is 18.6 Å². The third-order valence-corrected chi connectivity index (χ3v) is 3.12. The Morgan fingerprint density at radius 2 is 2.22 bits per heavy atom. The van der Waals surface area contributed by atoms with E-state index in [1.54, 1.807) is 24.3 Å². The summed E-state index contributed by atoms with van der Waals surface area (Å²) in [6.07, 6.45) is 4.35. The maximum absolute atomic E-state index is 12.1. The van der Waals surface area contributed by atoms with Crippen molar-refractivity contribution in [2.45, 2.75) is 6.54 Å². The van der Waals surface area contributed by atoms with Crippen molar-refractivity contribution in [2.75, 3.05) is 5.32 Å². The second-order valence-corrected chi connectivity index (χ2v) is 4.94. The maximum atomic E-state index is 12.1. The SMILES string of the molecule is O=C(Cn1c(-c2cnccn2)noc1=O)Nc1cccc(Cl)c1. The number of anilines is 1. The molecule has 0 radical (unpaired) electrons. The van der Waals surface area contributed by atoms with E-state index < -0.39 is 11.7 Å². The summed E-state index contributed by atoms with van der Waals surface area (Å²) in [6, 6.07) is 6.67. The van der Waals surface area contributed by atoms with Gasteiger partial charge in [-0.25, -0.2) is 14.3 Å². The summed E-state index contributed by atoms with van der Waals surface area (Å²) >= 11 is 5.85. The minimum absolute atomic E-state index is 0.129. The van der Waals surface area contributed by atoms with Gasteiger partial charge in [-0.3, -0.25) is 14.3 Å². The van der Waals surface area contributed by atoms with Crippen LogP contribution in [0.4, 0.5) is 5.69 Å². The summed E-state index contributed by atoms with van der Waals surface area (Å²) in [6.45, 7) is -0.277. The molecule has 0 fully saturated rings. The highest BCUT2D eigenvalue weighted by Crippen LogP contribution is 2.15. The fourth-order valence-corrected chi connectivity index (χ4v) is 2.11. The molecule has 3 aromatic rings. The molecule has 0 aliphatic carbocycles. The van der Waals surface area contributed by atoms with E-state index in [2.05, 4.69) is 25.0 Å². The molecule has 1 N–H and O–H groups in total. The Morgan fingerprint density at radius 3 is 2.96 bits per heavy atom. The summed E-state index contributed by atoms with van der Waals surface area (Å²) in [5.41, 5.74) is 0.849. The predicted octanol–water partition coefficient (Wildman–Crippen LogP) is 1.59. The van der Waals surface area contributed by atoms with E-state index in [1.807, 2.05) is 0 Å². The third-order valence-electron chi connectivity index (χ3n) is 2.89. The summed E-state index contributed by atoms with van der Waals surface area (Å²) in [5, 5.41) is 6.76. The number of carbonyl (C=O) groups excluding carboxylic acids is 1. The Hall–Kier alpha value is -3.00. The number of rotatable bonds is 4. The smallest absolute Gasteiger partial charge is 0.324 e. The topological polar surface area (TPSA) is 103 Å². The van der Waals surface area contributed by atoms with Crippen LogP contribution in [0.15, 0.2) is 52.2 Å². The highest BCUT2D eigenvalue weighted by Gasteiger charge is 2.17. The molecule has 1 aromatic carbocycles. The standard InChI is InChI=1S/C14H10ClN5O3/c15-9-2-1-3-10(6-9)18-12(21)8-20-13(19-23-14(20)22)11-7-16-4-5-17-11/h1-7H,8H2,(H,18,21). The van der Waals surface area contributed by atoms with Gasteiger partial charge in [0.15, 0.2) is 0 Å². The molecule has 3 rings (SSSR count). The van der Waals surface area contributed by atoms with E-state index in [0.29, 0.717) is 16.4 Å². The lowest BCUT2D eigenvalue weighted by atomic mass is 10.3. The van der Waals surface area contributed by atoms with Gasteiger partial charge in [0, 0.05) is 23.1 Å². The average Bonchev–Trinajstić information content (AvgIpc) is 2.89. The van der Waals surface area contributed by atoms with Gasteiger partial charge in [0.1, 0.15) is 12.2 Å². The molecule has 0 saturated carbocycles. The van der Waals surface area contributed by atoms with Crippen LogP contribution < -0.4 is 11.1 Å². The van der Waals surface area contributed by atoms with Crippen LogP contribution in [0.1, 0.15) is 0 Å². The zero-order valence-electron chi connectivity index (χ0n) is 11.6. The van der Waals surface area contributed by atoms with Crippen LogP contribution in [0.2, 0.25) is 5.02 Å². The fraction of sp³-hybridized carbons (Fsp3) is 0.0714. The first-order chi connectivity index (χ1) is 11.1. The normalized spacial score (nSPS) is 10.5. The van der Waals surface area contributed by atoms with Gasteiger partial charge in [0.05, 0.1) is 6.20 Å². The molecule has 2 aromatic heterocycles. The van der Waals surface area contributed by atoms with Crippen molar-refractivity contribution in [1.82, 2.24) is 19.7 Å². The number of aromatic nitrogens is 4. The molecule has 0 unspecified atom stereocenters. The van der Waals surface area contributed by atoms with Crippen molar-refractivity contribution < 1.29 is 9.32 Å². The molecule has 1 amide bonds. The molecular formula is C14H10ClN5O3. The molecule has 23 heavy (non-hydrogen) atoms. The molecule has 0 saturated heterocycles. The van der Waals surface area contributed by atoms with Crippen LogP contribution in [-0.4, -0.2) is 25.6 Å². The van der Waals surface area contributed by atoms with Gasteiger partial charge in [0.25, 0.3) is 0 Å². The van der Waals surface area contributed by atoms with Crippen LogP contribution in [0.3, 0.4) is 0 Å². The molecular weight excluding hydrogens is 322 g/mol. The van der Waals surface area contributed by atoms with E-state index in [0.717, 1.165) is 4.57 Å². The van der Waals surface area contributed by atoms with Crippen LogP contribution in [0, 0.1) is 0 Å². The van der Waals surface area contributed by atoms with E-state index in [4.69, 9.17) is 11.6 Å². The molecule has 116 valence electrons. The minimum Gasteiger partial charge on any atom is -0.324 e. The highest BCUT2D eigenvalue weighted by molar-refractivity contribution is 6.30. The molecule has 0 aliphatic rings. The van der Waals surface area contributed by atoms with Crippen molar-refractivity contribution in [2.24, 2.45) is 0 Å². The zero-order valence-corrected chi connectivity index (χ0v) is 12.4.